The smallest absolute Gasteiger partial charge is 0.140 e. The van der Waals surface area contributed by atoms with Crippen LogP contribution in [0.4, 0.5) is 0 Å². The molecule has 1 unspecified atom stereocenters. The molecule has 23 heavy (non-hydrogen) atoms. The number of imidazole rings is 1. The first-order valence-corrected chi connectivity index (χ1v) is 8.89. The zero-order valence-corrected chi connectivity index (χ0v) is 14.6. The summed E-state index contributed by atoms with van der Waals surface area (Å²) in [5.74, 6) is 1.91. The number of pyridine rings is 1. The van der Waals surface area contributed by atoms with E-state index in [9.17, 15) is 0 Å². The molecule has 0 aromatic carbocycles. The van der Waals surface area contributed by atoms with E-state index in [4.69, 9.17) is 0 Å². The number of aromatic nitrogens is 3. The second kappa shape index (κ2) is 7.26. The molecule has 4 heteroatoms. The van der Waals surface area contributed by atoms with E-state index in [2.05, 4.69) is 52.3 Å². The second-order valence-electron chi connectivity index (χ2n) is 6.71. The van der Waals surface area contributed by atoms with E-state index < -0.39 is 0 Å². The molecule has 124 valence electrons. The fraction of sp³-hybridized carbons (Fsp3) is 0.579. The molecule has 0 spiro atoms. The summed E-state index contributed by atoms with van der Waals surface area (Å²) in [7, 11) is 0. The molecule has 0 radical (unpaired) electrons. The van der Waals surface area contributed by atoms with Gasteiger partial charge in [-0.1, -0.05) is 26.7 Å². The van der Waals surface area contributed by atoms with Gasteiger partial charge in [-0.2, -0.15) is 0 Å². The number of nitrogens with zero attached hydrogens (tertiary/aromatic N) is 4. The SMILES string of the molecule is CCC(CC)CN1CCC(n2c(C)cnc2-c2ccncc2)C1. The van der Waals surface area contributed by atoms with Gasteiger partial charge in [0.15, 0.2) is 0 Å². The second-order valence-corrected chi connectivity index (χ2v) is 6.71. The highest BCUT2D eigenvalue weighted by Crippen LogP contribution is 2.30. The topological polar surface area (TPSA) is 34.0 Å². The molecule has 1 atom stereocenters. The first-order valence-electron chi connectivity index (χ1n) is 8.89. The molecule has 1 aliphatic rings. The van der Waals surface area contributed by atoms with Crippen molar-refractivity contribution in [3.05, 3.63) is 36.4 Å². The maximum atomic E-state index is 4.67. The molecule has 0 aliphatic carbocycles. The third-order valence-corrected chi connectivity index (χ3v) is 5.20. The van der Waals surface area contributed by atoms with Gasteiger partial charge in [0.1, 0.15) is 5.82 Å². The van der Waals surface area contributed by atoms with E-state index in [1.54, 1.807) is 0 Å². The molecule has 1 saturated heterocycles. The van der Waals surface area contributed by atoms with Crippen molar-refractivity contribution in [2.75, 3.05) is 19.6 Å². The molecule has 0 amide bonds. The van der Waals surface area contributed by atoms with Crippen LogP contribution in [0, 0.1) is 12.8 Å². The van der Waals surface area contributed by atoms with E-state index in [0.29, 0.717) is 6.04 Å². The van der Waals surface area contributed by atoms with Crippen molar-refractivity contribution in [1.29, 1.82) is 0 Å². The Kier molecular flexibility index (Phi) is 5.11. The third kappa shape index (κ3) is 3.47. The van der Waals surface area contributed by atoms with Crippen molar-refractivity contribution in [1.82, 2.24) is 19.4 Å². The minimum Gasteiger partial charge on any atom is -0.324 e. The van der Waals surface area contributed by atoms with Crippen molar-refractivity contribution < 1.29 is 0 Å². The van der Waals surface area contributed by atoms with Crippen LogP contribution in [0.25, 0.3) is 11.4 Å². The van der Waals surface area contributed by atoms with Gasteiger partial charge in [0, 0.05) is 55.5 Å². The highest BCUT2D eigenvalue weighted by Gasteiger charge is 2.27. The number of aryl methyl sites for hydroxylation is 1. The summed E-state index contributed by atoms with van der Waals surface area (Å²) < 4.78 is 2.43. The van der Waals surface area contributed by atoms with Gasteiger partial charge < -0.3 is 9.47 Å². The summed E-state index contributed by atoms with van der Waals surface area (Å²) in [6.45, 7) is 10.4. The van der Waals surface area contributed by atoms with Crippen LogP contribution in [0.5, 0.6) is 0 Å². The number of likely N-dealkylation sites (tertiary alicyclic amines) is 1. The summed E-state index contributed by atoms with van der Waals surface area (Å²) in [6, 6.07) is 4.64. The lowest BCUT2D eigenvalue weighted by atomic mass is 10.0. The number of rotatable bonds is 6. The summed E-state index contributed by atoms with van der Waals surface area (Å²) >= 11 is 0. The zero-order valence-electron chi connectivity index (χ0n) is 14.6. The Labute approximate surface area is 139 Å². The molecular weight excluding hydrogens is 284 g/mol. The van der Waals surface area contributed by atoms with Crippen molar-refractivity contribution in [2.45, 2.75) is 46.1 Å². The van der Waals surface area contributed by atoms with Gasteiger partial charge >= 0.3 is 0 Å². The lowest BCUT2D eigenvalue weighted by Gasteiger charge is -2.23. The summed E-state index contributed by atoms with van der Waals surface area (Å²) in [5, 5.41) is 0. The Hall–Kier alpha value is -1.68. The summed E-state index contributed by atoms with van der Waals surface area (Å²) in [4.78, 5) is 11.4. The van der Waals surface area contributed by atoms with Crippen LogP contribution in [0.3, 0.4) is 0 Å². The van der Waals surface area contributed by atoms with Crippen LogP contribution < -0.4 is 0 Å². The predicted octanol–water partition coefficient (Wildman–Crippen LogP) is 3.94. The van der Waals surface area contributed by atoms with Gasteiger partial charge in [-0.25, -0.2) is 4.98 Å². The van der Waals surface area contributed by atoms with Crippen LogP contribution in [0.2, 0.25) is 0 Å². The maximum Gasteiger partial charge on any atom is 0.140 e. The average molecular weight is 312 g/mol. The van der Waals surface area contributed by atoms with Gasteiger partial charge in [-0.15, -0.1) is 0 Å². The van der Waals surface area contributed by atoms with Crippen LogP contribution in [-0.2, 0) is 0 Å². The van der Waals surface area contributed by atoms with Crippen molar-refractivity contribution in [2.24, 2.45) is 5.92 Å². The van der Waals surface area contributed by atoms with Crippen LogP contribution in [-0.4, -0.2) is 39.1 Å². The van der Waals surface area contributed by atoms with Crippen LogP contribution >= 0.6 is 0 Å². The van der Waals surface area contributed by atoms with E-state index in [1.807, 2.05) is 18.6 Å². The van der Waals surface area contributed by atoms with Crippen molar-refractivity contribution in [3.63, 3.8) is 0 Å². The Morgan fingerprint density at radius 1 is 1.22 bits per heavy atom. The molecule has 4 nitrogen and oxygen atoms in total. The Bertz CT molecular complexity index is 616. The minimum absolute atomic E-state index is 0.537. The fourth-order valence-corrected chi connectivity index (χ4v) is 3.72. The third-order valence-electron chi connectivity index (χ3n) is 5.20. The van der Waals surface area contributed by atoms with E-state index in [-0.39, 0.29) is 0 Å². The number of hydrogen-bond acceptors (Lipinski definition) is 3. The molecular formula is C19H28N4. The highest BCUT2D eigenvalue weighted by atomic mass is 15.2. The van der Waals surface area contributed by atoms with E-state index in [1.165, 1.54) is 38.0 Å². The zero-order chi connectivity index (χ0) is 16.2. The first-order chi connectivity index (χ1) is 11.2. The highest BCUT2D eigenvalue weighted by molar-refractivity contribution is 5.55. The Morgan fingerprint density at radius 2 is 1.96 bits per heavy atom. The van der Waals surface area contributed by atoms with Crippen LogP contribution in [0.1, 0.15) is 44.8 Å². The quantitative estimate of drug-likeness (QED) is 0.810. The molecule has 1 fully saturated rings. The molecule has 0 saturated carbocycles. The minimum atomic E-state index is 0.537. The van der Waals surface area contributed by atoms with E-state index >= 15 is 0 Å². The molecule has 0 bridgehead atoms. The predicted molar refractivity (Wildman–Crippen MR) is 94.4 cm³/mol. The van der Waals surface area contributed by atoms with Gasteiger partial charge in [-0.05, 0) is 31.4 Å². The maximum absolute atomic E-state index is 4.67. The summed E-state index contributed by atoms with van der Waals surface area (Å²) in [5.41, 5.74) is 2.41. The van der Waals surface area contributed by atoms with Crippen LogP contribution in [0.15, 0.2) is 30.7 Å². The molecule has 2 aromatic heterocycles. The van der Waals surface area contributed by atoms with E-state index in [0.717, 1.165) is 23.9 Å². The largest absolute Gasteiger partial charge is 0.324 e. The van der Waals surface area contributed by atoms with Crippen molar-refractivity contribution in [3.8, 4) is 11.4 Å². The summed E-state index contributed by atoms with van der Waals surface area (Å²) in [6.07, 6.45) is 9.47. The van der Waals surface area contributed by atoms with Gasteiger partial charge in [-0.3, -0.25) is 4.98 Å². The first kappa shape index (κ1) is 16.2. The monoisotopic (exact) mass is 312 g/mol. The fourth-order valence-electron chi connectivity index (χ4n) is 3.72. The normalized spacial score (nSPS) is 18.9. The Morgan fingerprint density at radius 3 is 2.65 bits per heavy atom. The number of hydrogen-bond donors (Lipinski definition) is 0. The molecule has 2 aromatic rings. The molecule has 1 aliphatic heterocycles. The Balaban J connectivity index is 1.77. The lowest BCUT2D eigenvalue weighted by Crippen LogP contribution is -2.27. The van der Waals surface area contributed by atoms with Gasteiger partial charge in [0.25, 0.3) is 0 Å². The van der Waals surface area contributed by atoms with Gasteiger partial charge in [0.05, 0.1) is 0 Å². The molecule has 0 N–H and O–H groups in total. The lowest BCUT2D eigenvalue weighted by molar-refractivity contribution is 0.260. The standard InChI is InChI=1S/C19H28N4/c1-4-16(5-2)13-22-11-8-18(14-22)23-15(3)12-21-19(23)17-6-9-20-10-7-17/h6-7,9-10,12,16,18H,4-5,8,11,13-14H2,1-3H3. The van der Waals surface area contributed by atoms with Crippen molar-refractivity contribution >= 4 is 0 Å². The molecule has 3 rings (SSSR count). The average Bonchev–Trinajstić information content (AvgIpc) is 3.19. The molecule has 3 heterocycles. The van der Waals surface area contributed by atoms with Gasteiger partial charge in [0.2, 0.25) is 0 Å².